The zero-order chi connectivity index (χ0) is 16.8. The average molecular weight is 333 g/mol. The summed E-state index contributed by atoms with van der Waals surface area (Å²) in [5, 5.41) is 2.79. The van der Waals surface area contributed by atoms with Crippen molar-refractivity contribution in [1.82, 2.24) is 5.32 Å². The molecule has 1 aromatic heterocycles. The van der Waals surface area contributed by atoms with Gasteiger partial charge in [-0.2, -0.15) is 0 Å². The zero-order valence-electron chi connectivity index (χ0n) is 13.3. The first-order valence-corrected chi connectivity index (χ1v) is 8.38. The highest BCUT2D eigenvalue weighted by Gasteiger charge is 2.13. The summed E-state index contributed by atoms with van der Waals surface area (Å²) >= 11 is 1.60. The maximum Gasteiger partial charge on any atom is 0.220 e. The molecule has 1 N–H and O–H groups in total. The van der Waals surface area contributed by atoms with E-state index in [1.54, 1.807) is 23.5 Å². The fraction of sp³-hybridized carbons (Fsp3) is 0.333. The van der Waals surface area contributed by atoms with Gasteiger partial charge in [-0.3, -0.25) is 9.59 Å². The molecule has 122 valence electrons. The molecule has 0 aliphatic carbocycles. The second-order valence-electron chi connectivity index (χ2n) is 5.48. The largest absolute Gasteiger partial charge is 0.356 e. The van der Waals surface area contributed by atoms with Crippen LogP contribution in [0.15, 0.2) is 30.3 Å². The Morgan fingerprint density at radius 2 is 1.83 bits per heavy atom. The fourth-order valence-corrected chi connectivity index (χ4v) is 3.30. The predicted octanol–water partition coefficient (Wildman–Crippen LogP) is 3.83. The summed E-state index contributed by atoms with van der Waals surface area (Å²) in [7, 11) is 0. The number of halogens is 1. The Balaban J connectivity index is 1.71. The van der Waals surface area contributed by atoms with Crippen LogP contribution in [-0.4, -0.2) is 18.2 Å². The van der Waals surface area contributed by atoms with Crippen LogP contribution >= 0.6 is 11.3 Å². The van der Waals surface area contributed by atoms with E-state index in [4.69, 9.17) is 0 Å². The van der Waals surface area contributed by atoms with E-state index < -0.39 is 0 Å². The molecular formula is C18H20FNO2S. The van der Waals surface area contributed by atoms with E-state index in [9.17, 15) is 14.0 Å². The number of amides is 1. The van der Waals surface area contributed by atoms with Crippen LogP contribution in [0.25, 0.3) is 0 Å². The van der Waals surface area contributed by atoms with Crippen molar-refractivity contribution in [2.45, 2.75) is 33.1 Å². The molecule has 0 spiro atoms. The number of hydrogen-bond donors (Lipinski definition) is 1. The van der Waals surface area contributed by atoms with Gasteiger partial charge in [-0.25, -0.2) is 4.39 Å². The van der Waals surface area contributed by atoms with Crippen molar-refractivity contribution in [3.8, 4) is 0 Å². The zero-order valence-corrected chi connectivity index (χ0v) is 14.1. The number of nitrogens with one attached hydrogen (secondary N) is 1. The second-order valence-corrected chi connectivity index (χ2v) is 6.94. The molecule has 1 amide bonds. The van der Waals surface area contributed by atoms with Crippen molar-refractivity contribution >= 4 is 23.0 Å². The monoisotopic (exact) mass is 333 g/mol. The molecule has 5 heteroatoms. The van der Waals surface area contributed by atoms with Gasteiger partial charge in [0.25, 0.3) is 0 Å². The summed E-state index contributed by atoms with van der Waals surface area (Å²) in [6.07, 6.45) is 1.05. The summed E-state index contributed by atoms with van der Waals surface area (Å²) in [5.74, 6) is -0.388. The van der Waals surface area contributed by atoms with Crippen LogP contribution in [0.2, 0.25) is 0 Å². The lowest BCUT2D eigenvalue weighted by Crippen LogP contribution is -2.26. The van der Waals surface area contributed by atoms with Crippen LogP contribution in [0, 0.1) is 19.7 Å². The Morgan fingerprint density at radius 1 is 1.13 bits per heavy atom. The van der Waals surface area contributed by atoms with Gasteiger partial charge in [0.15, 0.2) is 5.78 Å². The normalized spacial score (nSPS) is 10.6. The van der Waals surface area contributed by atoms with Gasteiger partial charge < -0.3 is 5.32 Å². The average Bonchev–Trinajstić information content (AvgIpc) is 2.85. The molecule has 0 aliphatic rings. The van der Waals surface area contributed by atoms with Crippen molar-refractivity contribution in [2.75, 3.05) is 6.54 Å². The highest BCUT2D eigenvalue weighted by Crippen LogP contribution is 2.22. The Bertz CT molecular complexity index is 692. The van der Waals surface area contributed by atoms with Crippen LogP contribution in [0.3, 0.4) is 0 Å². The van der Waals surface area contributed by atoms with E-state index in [1.807, 2.05) is 19.9 Å². The number of benzene rings is 1. The first kappa shape index (κ1) is 17.3. The number of aryl methyl sites for hydroxylation is 2. The smallest absolute Gasteiger partial charge is 0.220 e. The quantitative estimate of drug-likeness (QED) is 0.783. The van der Waals surface area contributed by atoms with Crippen LogP contribution in [0.5, 0.6) is 0 Å². The van der Waals surface area contributed by atoms with Gasteiger partial charge in [-0.1, -0.05) is 12.1 Å². The lowest BCUT2D eigenvalue weighted by molar-refractivity contribution is -0.121. The van der Waals surface area contributed by atoms with E-state index >= 15 is 0 Å². The minimum absolute atomic E-state index is 0.0144. The molecule has 0 radical (unpaired) electrons. The number of ketones is 1. The molecule has 0 saturated heterocycles. The SMILES string of the molecule is Cc1cc(C(=O)CCC(=O)NCCc2ccc(F)cc2)c(C)s1. The standard InChI is InChI=1S/C18H20FNO2S/c1-12-11-16(13(2)23-12)17(21)7-8-18(22)20-10-9-14-3-5-15(19)6-4-14/h3-6,11H,7-10H2,1-2H3,(H,20,22). The number of thiophene rings is 1. The summed E-state index contributed by atoms with van der Waals surface area (Å²) in [5.41, 5.74) is 1.69. The van der Waals surface area contributed by atoms with Crippen LogP contribution in [0.1, 0.15) is 38.5 Å². The van der Waals surface area contributed by atoms with Gasteiger partial charge in [-0.15, -0.1) is 11.3 Å². The number of carbonyl (C=O) groups is 2. The third-order valence-electron chi connectivity index (χ3n) is 3.57. The molecule has 3 nitrogen and oxygen atoms in total. The Labute approximate surface area is 139 Å². The Morgan fingerprint density at radius 3 is 2.43 bits per heavy atom. The third-order valence-corrected chi connectivity index (χ3v) is 4.54. The van der Waals surface area contributed by atoms with E-state index in [2.05, 4.69) is 5.32 Å². The first-order valence-electron chi connectivity index (χ1n) is 7.57. The molecule has 0 bridgehead atoms. The summed E-state index contributed by atoms with van der Waals surface area (Å²) in [6.45, 7) is 4.37. The molecule has 0 aliphatic heterocycles. The van der Waals surface area contributed by atoms with Crippen LogP contribution in [-0.2, 0) is 11.2 Å². The highest BCUT2D eigenvalue weighted by atomic mass is 32.1. The van der Waals surface area contributed by atoms with Crippen molar-refractivity contribution in [2.24, 2.45) is 0 Å². The molecule has 1 heterocycles. The molecule has 2 aromatic rings. The number of hydrogen-bond acceptors (Lipinski definition) is 3. The van der Waals surface area contributed by atoms with Crippen molar-refractivity contribution < 1.29 is 14.0 Å². The minimum atomic E-state index is -0.268. The number of Topliss-reactive ketones (excluding diaryl/α,β-unsaturated/α-hetero) is 1. The van der Waals surface area contributed by atoms with E-state index in [0.717, 1.165) is 20.9 Å². The van der Waals surface area contributed by atoms with Crippen molar-refractivity contribution in [3.05, 3.63) is 57.0 Å². The fourth-order valence-electron chi connectivity index (χ4n) is 2.36. The second kappa shape index (κ2) is 8.02. The molecule has 0 fully saturated rings. The predicted molar refractivity (Wildman–Crippen MR) is 90.5 cm³/mol. The lowest BCUT2D eigenvalue weighted by atomic mass is 10.1. The molecular weight excluding hydrogens is 313 g/mol. The van der Waals surface area contributed by atoms with Gasteiger partial charge in [0.2, 0.25) is 5.91 Å². The molecule has 1 aromatic carbocycles. The van der Waals surface area contributed by atoms with Gasteiger partial charge in [0.05, 0.1) is 0 Å². The van der Waals surface area contributed by atoms with Gasteiger partial charge in [0, 0.05) is 34.7 Å². The van der Waals surface area contributed by atoms with Gasteiger partial charge in [0.1, 0.15) is 5.82 Å². The van der Waals surface area contributed by atoms with Gasteiger partial charge >= 0.3 is 0 Å². The van der Waals surface area contributed by atoms with Gasteiger partial charge in [-0.05, 0) is 44.0 Å². The molecule has 0 unspecified atom stereocenters. The minimum Gasteiger partial charge on any atom is -0.356 e. The topological polar surface area (TPSA) is 46.2 Å². The molecule has 23 heavy (non-hydrogen) atoms. The van der Waals surface area contributed by atoms with Crippen molar-refractivity contribution in [1.29, 1.82) is 0 Å². The lowest BCUT2D eigenvalue weighted by Gasteiger charge is -2.05. The summed E-state index contributed by atoms with van der Waals surface area (Å²) in [6, 6.07) is 8.09. The molecule has 0 saturated carbocycles. The summed E-state index contributed by atoms with van der Waals surface area (Å²) in [4.78, 5) is 26.0. The highest BCUT2D eigenvalue weighted by molar-refractivity contribution is 7.12. The van der Waals surface area contributed by atoms with E-state index in [0.29, 0.717) is 13.0 Å². The Hall–Kier alpha value is -2.01. The molecule has 2 rings (SSSR count). The van der Waals surface area contributed by atoms with Crippen LogP contribution in [0.4, 0.5) is 4.39 Å². The first-order chi connectivity index (χ1) is 11.0. The summed E-state index contributed by atoms with van der Waals surface area (Å²) < 4.78 is 12.8. The van der Waals surface area contributed by atoms with E-state index in [-0.39, 0.29) is 30.3 Å². The van der Waals surface area contributed by atoms with Crippen molar-refractivity contribution in [3.63, 3.8) is 0 Å². The Kier molecular flexibility index (Phi) is 6.04. The van der Waals surface area contributed by atoms with E-state index in [1.165, 1.54) is 12.1 Å². The number of carbonyl (C=O) groups excluding carboxylic acids is 2. The van der Waals surface area contributed by atoms with Crippen LogP contribution < -0.4 is 5.32 Å². The molecule has 0 atom stereocenters. The maximum atomic E-state index is 12.8. The number of rotatable bonds is 7. The third kappa shape index (κ3) is 5.28. The maximum absolute atomic E-state index is 12.8.